The number of anilines is 1. The van der Waals surface area contributed by atoms with Crippen molar-refractivity contribution < 1.29 is 9.53 Å². The van der Waals surface area contributed by atoms with Gasteiger partial charge in [0, 0.05) is 31.7 Å². The van der Waals surface area contributed by atoms with Gasteiger partial charge in [-0.25, -0.2) is 4.98 Å². The normalized spacial score (nSPS) is 19.9. The van der Waals surface area contributed by atoms with Gasteiger partial charge >= 0.3 is 0 Å². The number of nitrogens with one attached hydrogen (secondary N) is 1. The number of pyridine rings is 1. The summed E-state index contributed by atoms with van der Waals surface area (Å²) in [4.78, 5) is 18.9. The highest BCUT2D eigenvalue weighted by Gasteiger charge is 2.20. The van der Waals surface area contributed by atoms with Gasteiger partial charge in [0.05, 0.1) is 13.2 Å². The molecule has 1 saturated carbocycles. The molecule has 1 aromatic rings. The number of hydrogen-bond donors (Lipinski definition) is 1. The number of aromatic nitrogens is 1. The molecule has 120 valence electrons. The van der Waals surface area contributed by atoms with E-state index in [9.17, 15) is 4.79 Å². The molecule has 1 aliphatic carbocycles. The third kappa shape index (κ3) is 3.97. The predicted octanol–water partition coefficient (Wildman–Crippen LogP) is 2.11. The molecular formula is C17H25N3O2. The summed E-state index contributed by atoms with van der Waals surface area (Å²) in [6, 6.07) is 4.09. The van der Waals surface area contributed by atoms with Crippen molar-refractivity contribution in [3.8, 4) is 0 Å². The van der Waals surface area contributed by atoms with Gasteiger partial charge < -0.3 is 15.0 Å². The van der Waals surface area contributed by atoms with Crippen LogP contribution >= 0.6 is 0 Å². The van der Waals surface area contributed by atoms with E-state index in [2.05, 4.69) is 21.3 Å². The van der Waals surface area contributed by atoms with Crippen molar-refractivity contribution in [1.82, 2.24) is 10.3 Å². The Hall–Kier alpha value is -1.62. The van der Waals surface area contributed by atoms with Crippen LogP contribution in [0.5, 0.6) is 0 Å². The monoisotopic (exact) mass is 303 g/mol. The van der Waals surface area contributed by atoms with Crippen molar-refractivity contribution in [3.05, 3.63) is 23.9 Å². The number of hydrogen-bond acceptors (Lipinski definition) is 4. The van der Waals surface area contributed by atoms with Gasteiger partial charge in [-0.2, -0.15) is 0 Å². The zero-order valence-electron chi connectivity index (χ0n) is 13.1. The lowest BCUT2D eigenvalue weighted by Gasteiger charge is -2.27. The molecule has 2 heterocycles. The third-order valence-electron chi connectivity index (χ3n) is 4.59. The van der Waals surface area contributed by atoms with Gasteiger partial charge in [0.1, 0.15) is 5.82 Å². The lowest BCUT2D eigenvalue weighted by Crippen LogP contribution is -2.36. The maximum absolute atomic E-state index is 12.1. The van der Waals surface area contributed by atoms with Gasteiger partial charge in [0.25, 0.3) is 0 Å². The molecule has 3 rings (SSSR count). The summed E-state index contributed by atoms with van der Waals surface area (Å²) in [7, 11) is 0. The Morgan fingerprint density at radius 3 is 2.68 bits per heavy atom. The van der Waals surface area contributed by atoms with Gasteiger partial charge in [-0.3, -0.25) is 4.79 Å². The quantitative estimate of drug-likeness (QED) is 0.925. The predicted molar refractivity (Wildman–Crippen MR) is 85.7 cm³/mol. The smallest absolute Gasteiger partial charge is 0.223 e. The van der Waals surface area contributed by atoms with Crippen LogP contribution in [0.2, 0.25) is 0 Å². The second-order valence-corrected chi connectivity index (χ2v) is 6.18. The van der Waals surface area contributed by atoms with E-state index in [1.54, 1.807) is 0 Å². The Morgan fingerprint density at radius 1 is 1.23 bits per heavy atom. The molecule has 0 aromatic carbocycles. The van der Waals surface area contributed by atoms with Gasteiger partial charge in [-0.15, -0.1) is 0 Å². The minimum Gasteiger partial charge on any atom is -0.378 e. The largest absolute Gasteiger partial charge is 0.378 e. The minimum atomic E-state index is 0.206. The molecule has 0 spiro atoms. The molecule has 5 nitrogen and oxygen atoms in total. The van der Waals surface area contributed by atoms with E-state index >= 15 is 0 Å². The zero-order valence-corrected chi connectivity index (χ0v) is 13.1. The zero-order chi connectivity index (χ0) is 15.2. The van der Waals surface area contributed by atoms with Crippen LogP contribution in [0.25, 0.3) is 0 Å². The Bertz CT molecular complexity index is 477. The van der Waals surface area contributed by atoms with E-state index in [1.807, 2.05) is 12.3 Å². The fourth-order valence-electron chi connectivity index (χ4n) is 3.20. The SMILES string of the molecule is O=C(NCc1ccc(N2CCOCC2)nc1)C1CCCCC1. The summed E-state index contributed by atoms with van der Waals surface area (Å²) in [6.45, 7) is 3.89. The second-order valence-electron chi connectivity index (χ2n) is 6.18. The van der Waals surface area contributed by atoms with Crippen LogP contribution in [0.4, 0.5) is 5.82 Å². The average Bonchev–Trinajstić information content (AvgIpc) is 2.61. The van der Waals surface area contributed by atoms with Crippen molar-refractivity contribution in [2.45, 2.75) is 38.6 Å². The first-order valence-corrected chi connectivity index (χ1v) is 8.38. The van der Waals surface area contributed by atoms with E-state index in [0.29, 0.717) is 6.54 Å². The number of morpholine rings is 1. The molecule has 2 aliphatic rings. The first-order valence-electron chi connectivity index (χ1n) is 8.38. The lowest BCUT2D eigenvalue weighted by atomic mass is 9.88. The molecule has 1 saturated heterocycles. The van der Waals surface area contributed by atoms with Crippen LogP contribution in [0.15, 0.2) is 18.3 Å². The molecule has 1 amide bonds. The third-order valence-corrected chi connectivity index (χ3v) is 4.59. The van der Waals surface area contributed by atoms with E-state index in [1.165, 1.54) is 19.3 Å². The number of amides is 1. The standard InChI is InChI=1S/C17H25N3O2/c21-17(15-4-2-1-3-5-15)19-13-14-6-7-16(18-12-14)20-8-10-22-11-9-20/h6-7,12,15H,1-5,8-11,13H2,(H,19,21). The molecule has 22 heavy (non-hydrogen) atoms. The molecule has 1 aliphatic heterocycles. The lowest BCUT2D eigenvalue weighted by molar-refractivity contribution is -0.126. The van der Waals surface area contributed by atoms with Crippen molar-refractivity contribution in [1.29, 1.82) is 0 Å². The minimum absolute atomic E-state index is 0.206. The van der Waals surface area contributed by atoms with Gasteiger partial charge in [0.15, 0.2) is 0 Å². The number of ether oxygens (including phenoxy) is 1. The molecule has 0 radical (unpaired) electrons. The number of nitrogens with zero attached hydrogens (tertiary/aromatic N) is 2. The maximum atomic E-state index is 12.1. The second kappa shape index (κ2) is 7.58. The summed E-state index contributed by atoms with van der Waals surface area (Å²) in [6.07, 6.45) is 7.60. The van der Waals surface area contributed by atoms with E-state index < -0.39 is 0 Å². The number of carbonyl (C=O) groups is 1. The first kappa shape index (κ1) is 15.3. The van der Waals surface area contributed by atoms with Crippen LogP contribution in [0.3, 0.4) is 0 Å². The summed E-state index contributed by atoms with van der Waals surface area (Å²) in [5.74, 6) is 1.41. The highest BCUT2D eigenvalue weighted by Crippen LogP contribution is 2.23. The van der Waals surface area contributed by atoms with Gasteiger partial charge in [-0.1, -0.05) is 25.3 Å². The molecule has 2 fully saturated rings. The van der Waals surface area contributed by atoms with Gasteiger partial charge in [0.2, 0.25) is 5.91 Å². The highest BCUT2D eigenvalue weighted by molar-refractivity contribution is 5.78. The summed E-state index contributed by atoms with van der Waals surface area (Å²) in [5, 5.41) is 3.06. The Kier molecular flexibility index (Phi) is 5.27. The molecule has 0 bridgehead atoms. The highest BCUT2D eigenvalue weighted by atomic mass is 16.5. The number of rotatable bonds is 4. The first-order chi connectivity index (χ1) is 10.8. The molecule has 0 unspecified atom stereocenters. The Morgan fingerprint density at radius 2 is 2.00 bits per heavy atom. The van der Waals surface area contributed by atoms with Crippen molar-refractivity contribution in [2.24, 2.45) is 5.92 Å². The van der Waals surface area contributed by atoms with Crippen molar-refractivity contribution in [3.63, 3.8) is 0 Å². The average molecular weight is 303 g/mol. The molecular weight excluding hydrogens is 278 g/mol. The van der Waals surface area contributed by atoms with E-state index in [-0.39, 0.29) is 11.8 Å². The maximum Gasteiger partial charge on any atom is 0.223 e. The van der Waals surface area contributed by atoms with Crippen LogP contribution in [0, 0.1) is 5.92 Å². The summed E-state index contributed by atoms with van der Waals surface area (Å²) < 4.78 is 5.35. The topological polar surface area (TPSA) is 54.5 Å². The fraction of sp³-hybridized carbons (Fsp3) is 0.647. The molecule has 1 aromatic heterocycles. The molecule has 0 atom stereocenters. The Balaban J connectivity index is 1.49. The van der Waals surface area contributed by atoms with E-state index in [0.717, 1.165) is 50.5 Å². The van der Waals surface area contributed by atoms with Crippen LogP contribution in [0.1, 0.15) is 37.7 Å². The van der Waals surface area contributed by atoms with Gasteiger partial charge in [-0.05, 0) is 24.5 Å². The Labute approximate surface area is 132 Å². The number of carbonyl (C=O) groups excluding carboxylic acids is 1. The summed E-state index contributed by atoms with van der Waals surface area (Å²) in [5.41, 5.74) is 1.06. The van der Waals surface area contributed by atoms with E-state index in [4.69, 9.17) is 4.74 Å². The van der Waals surface area contributed by atoms with Crippen LogP contribution < -0.4 is 10.2 Å². The molecule has 1 N–H and O–H groups in total. The molecule has 5 heteroatoms. The van der Waals surface area contributed by atoms with Crippen LogP contribution in [-0.2, 0) is 16.1 Å². The van der Waals surface area contributed by atoms with Crippen molar-refractivity contribution in [2.75, 3.05) is 31.2 Å². The summed E-state index contributed by atoms with van der Waals surface area (Å²) >= 11 is 0. The van der Waals surface area contributed by atoms with Crippen molar-refractivity contribution >= 4 is 11.7 Å². The fourth-order valence-corrected chi connectivity index (χ4v) is 3.20. The van der Waals surface area contributed by atoms with Crippen LogP contribution in [-0.4, -0.2) is 37.2 Å².